The SMILES string of the molecule is CCOC(=O)c1ccc(CN(Cc2ccc(C)cc2)S(=O)(=O)c2ccc(F)c(C(=O)Nc3cccc(Cl)c3C)c2)cc1. The first kappa shape index (κ1) is 30.9. The predicted molar refractivity (Wildman–Crippen MR) is 161 cm³/mol. The number of amides is 1. The second kappa shape index (κ2) is 13.3. The van der Waals surface area contributed by atoms with E-state index in [0.717, 1.165) is 29.3 Å². The number of rotatable bonds is 10. The number of nitrogens with zero attached hydrogens (tertiary/aromatic N) is 1. The number of nitrogens with one attached hydrogen (secondary N) is 1. The van der Waals surface area contributed by atoms with Crippen LogP contribution in [0.5, 0.6) is 0 Å². The smallest absolute Gasteiger partial charge is 0.338 e. The van der Waals surface area contributed by atoms with Crippen LogP contribution in [0.15, 0.2) is 89.8 Å². The molecule has 0 aliphatic carbocycles. The van der Waals surface area contributed by atoms with Crippen LogP contribution in [0.1, 0.15) is 49.9 Å². The molecular formula is C32H30ClFN2O5S. The van der Waals surface area contributed by atoms with Crippen molar-refractivity contribution in [1.29, 1.82) is 0 Å². The Morgan fingerprint density at radius 2 is 1.52 bits per heavy atom. The lowest BCUT2D eigenvalue weighted by Gasteiger charge is -2.23. The average molecular weight is 609 g/mol. The molecule has 1 amide bonds. The summed E-state index contributed by atoms with van der Waals surface area (Å²) in [7, 11) is -4.23. The largest absolute Gasteiger partial charge is 0.462 e. The molecule has 0 unspecified atom stereocenters. The highest BCUT2D eigenvalue weighted by Gasteiger charge is 2.27. The third kappa shape index (κ3) is 7.23. The Morgan fingerprint density at radius 3 is 2.14 bits per heavy atom. The van der Waals surface area contributed by atoms with Crippen molar-refractivity contribution in [1.82, 2.24) is 4.31 Å². The third-order valence-electron chi connectivity index (χ3n) is 6.64. The first-order valence-corrected chi connectivity index (χ1v) is 15.0. The van der Waals surface area contributed by atoms with Crippen LogP contribution in [0, 0.1) is 19.7 Å². The van der Waals surface area contributed by atoms with Crippen molar-refractivity contribution in [2.45, 2.75) is 38.8 Å². The molecular weight excluding hydrogens is 579 g/mol. The van der Waals surface area contributed by atoms with Gasteiger partial charge >= 0.3 is 5.97 Å². The van der Waals surface area contributed by atoms with Gasteiger partial charge in [-0.1, -0.05) is 59.6 Å². The number of aryl methyl sites for hydroxylation is 1. The lowest BCUT2D eigenvalue weighted by Crippen LogP contribution is -2.30. The molecule has 42 heavy (non-hydrogen) atoms. The summed E-state index contributed by atoms with van der Waals surface area (Å²) in [6.45, 7) is 5.56. The van der Waals surface area contributed by atoms with Gasteiger partial charge in [0.05, 0.1) is 22.6 Å². The van der Waals surface area contributed by atoms with Crippen LogP contribution in [0.3, 0.4) is 0 Å². The molecule has 0 spiro atoms. The Hall–Kier alpha value is -4.05. The van der Waals surface area contributed by atoms with Gasteiger partial charge in [0.25, 0.3) is 5.91 Å². The van der Waals surface area contributed by atoms with E-state index in [9.17, 15) is 22.4 Å². The summed E-state index contributed by atoms with van der Waals surface area (Å²) in [6.07, 6.45) is 0. The van der Waals surface area contributed by atoms with E-state index in [4.69, 9.17) is 16.3 Å². The summed E-state index contributed by atoms with van der Waals surface area (Å²) >= 11 is 6.14. The highest BCUT2D eigenvalue weighted by atomic mass is 35.5. The van der Waals surface area contributed by atoms with E-state index in [1.807, 2.05) is 31.2 Å². The second-order valence-corrected chi connectivity index (χ2v) is 12.0. The van der Waals surface area contributed by atoms with Crippen LogP contribution >= 0.6 is 11.6 Å². The van der Waals surface area contributed by atoms with Crippen LogP contribution in [-0.4, -0.2) is 31.2 Å². The number of hydrogen-bond donors (Lipinski definition) is 1. The van der Waals surface area contributed by atoms with Crippen LogP contribution in [-0.2, 0) is 27.8 Å². The molecule has 0 saturated heterocycles. The molecule has 218 valence electrons. The lowest BCUT2D eigenvalue weighted by atomic mass is 10.1. The highest BCUT2D eigenvalue weighted by Crippen LogP contribution is 2.26. The molecule has 7 nitrogen and oxygen atoms in total. The van der Waals surface area contributed by atoms with Crippen molar-refractivity contribution in [3.05, 3.63) is 129 Å². The molecule has 0 aliphatic rings. The number of carbonyl (C=O) groups is 2. The topological polar surface area (TPSA) is 92.8 Å². The van der Waals surface area contributed by atoms with E-state index in [1.165, 1.54) is 4.31 Å². The number of sulfonamides is 1. The first-order chi connectivity index (χ1) is 20.0. The Morgan fingerprint density at radius 1 is 0.905 bits per heavy atom. The van der Waals surface area contributed by atoms with Gasteiger partial charge in [0, 0.05) is 23.8 Å². The Kier molecular flexibility index (Phi) is 9.78. The van der Waals surface area contributed by atoms with Gasteiger partial charge in [-0.25, -0.2) is 17.6 Å². The minimum absolute atomic E-state index is 0.0167. The minimum atomic E-state index is -4.23. The zero-order chi connectivity index (χ0) is 30.4. The summed E-state index contributed by atoms with van der Waals surface area (Å²) < 4.78 is 49.1. The number of carbonyl (C=O) groups excluding carboxylic acids is 2. The maximum atomic E-state index is 14.8. The number of halogens is 2. The van der Waals surface area contributed by atoms with E-state index >= 15 is 0 Å². The fraction of sp³-hybridized carbons (Fsp3) is 0.188. The summed E-state index contributed by atoms with van der Waals surface area (Å²) in [5, 5.41) is 3.04. The van der Waals surface area contributed by atoms with Gasteiger partial charge in [0.1, 0.15) is 5.82 Å². The summed E-state index contributed by atoms with van der Waals surface area (Å²) in [5.74, 6) is -2.15. The van der Waals surface area contributed by atoms with Gasteiger partial charge in [0.2, 0.25) is 10.0 Å². The molecule has 0 fully saturated rings. The highest BCUT2D eigenvalue weighted by molar-refractivity contribution is 7.89. The molecule has 0 radical (unpaired) electrons. The van der Waals surface area contributed by atoms with Gasteiger partial charge in [0.15, 0.2) is 0 Å². The average Bonchev–Trinajstić information content (AvgIpc) is 2.96. The van der Waals surface area contributed by atoms with Gasteiger partial charge in [-0.15, -0.1) is 0 Å². The van der Waals surface area contributed by atoms with Crippen LogP contribution in [0.25, 0.3) is 0 Å². The molecule has 0 bridgehead atoms. The standard InChI is InChI=1S/C32H30ClFN2O5S/c1-4-41-32(38)25-14-12-24(13-15-25)20-36(19-23-10-8-21(2)9-11-23)42(39,40)26-16-17-29(34)27(18-26)31(37)35-30-7-5-6-28(33)22(30)3/h5-18H,4,19-20H2,1-3H3,(H,35,37). The quantitative estimate of drug-likeness (QED) is 0.197. The normalized spacial score (nSPS) is 11.4. The van der Waals surface area contributed by atoms with Crippen molar-refractivity contribution in [2.24, 2.45) is 0 Å². The van der Waals surface area contributed by atoms with Gasteiger partial charge in [-0.05, 0) is 79.9 Å². The Labute approximate surface area is 249 Å². The molecule has 10 heteroatoms. The van der Waals surface area contributed by atoms with Crippen LogP contribution < -0.4 is 5.32 Å². The maximum Gasteiger partial charge on any atom is 0.338 e. The van der Waals surface area contributed by atoms with E-state index in [-0.39, 0.29) is 24.6 Å². The fourth-order valence-corrected chi connectivity index (χ4v) is 5.83. The molecule has 0 aliphatic heterocycles. The first-order valence-electron chi connectivity index (χ1n) is 13.2. The van der Waals surface area contributed by atoms with E-state index in [1.54, 1.807) is 56.3 Å². The van der Waals surface area contributed by atoms with Gasteiger partial charge < -0.3 is 10.1 Å². The van der Waals surface area contributed by atoms with Crippen LogP contribution in [0.4, 0.5) is 10.1 Å². The Bertz CT molecular complexity index is 1710. The predicted octanol–water partition coefficient (Wildman–Crippen LogP) is 6.92. The van der Waals surface area contributed by atoms with E-state index in [0.29, 0.717) is 27.4 Å². The maximum absolute atomic E-state index is 14.8. The van der Waals surface area contributed by atoms with Crippen molar-refractivity contribution < 1.29 is 27.1 Å². The fourth-order valence-electron chi connectivity index (χ4n) is 4.21. The molecule has 4 aromatic rings. The number of esters is 1. The van der Waals surface area contributed by atoms with E-state index < -0.39 is 33.3 Å². The van der Waals surface area contributed by atoms with Crippen molar-refractivity contribution in [3.8, 4) is 0 Å². The van der Waals surface area contributed by atoms with Gasteiger partial charge in [-0.3, -0.25) is 4.79 Å². The zero-order valence-corrected chi connectivity index (χ0v) is 24.9. The lowest BCUT2D eigenvalue weighted by molar-refractivity contribution is 0.0526. The third-order valence-corrected chi connectivity index (χ3v) is 8.84. The molecule has 4 rings (SSSR count). The van der Waals surface area contributed by atoms with E-state index in [2.05, 4.69) is 5.32 Å². The molecule has 1 N–H and O–H groups in total. The summed E-state index contributed by atoms with van der Waals surface area (Å²) in [5.41, 5.74) is 3.27. The summed E-state index contributed by atoms with van der Waals surface area (Å²) in [4.78, 5) is 24.9. The van der Waals surface area contributed by atoms with Crippen molar-refractivity contribution >= 4 is 39.2 Å². The van der Waals surface area contributed by atoms with Crippen molar-refractivity contribution in [3.63, 3.8) is 0 Å². The minimum Gasteiger partial charge on any atom is -0.462 e. The van der Waals surface area contributed by atoms with Crippen molar-refractivity contribution in [2.75, 3.05) is 11.9 Å². The molecule has 0 atom stereocenters. The monoisotopic (exact) mass is 608 g/mol. The summed E-state index contributed by atoms with van der Waals surface area (Å²) in [6, 6.07) is 21.9. The number of anilines is 1. The second-order valence-electron chi connectivity index (χ2n) is 9.68. The number of hydrogen-bond acceptors (Lipinski definition) is 5. The van der Waals surface area contributed by atoms with Crippen LogP contribution in [0.2, 0.25) is 5.02 Å². The molecule has 0 saturated carbocycles. The molecule has 4 aromatic carbocycles. The zero-order valence-electron chi connectivity index (χ0n) is 23.4. The van der Waals surface area contributed by atoms with Gasteiger partial charge in [-0.2, -0.15) is 4.31 Å². The molecule has 0 heterocycles. The Balaban J connectivity index is 1.67. The number of ether oxygens (including phenoxy) is 1. The molecule has 0 aromatic heterocycles. The number of benzene rings is 4.